The molecular weight excluding hydrogens is 250 g/mol. The van der Waals surface area contributed by atoms with E-state index in [1.807, 2.05) is 6.07 Å². The molecule has 0 saturated carbocycles. The molecule has 3 N–H and O–H groups in total. The summed E-state index contributed by atoms with van der Waals surface area (Å²) >= 11 is 0. The Morgan fingerprint density at radius 2 is 1.90 bits per heavy atom. The number of hydrogen-bond acceptors (Lipinski definition) is 2. The number of aryl methyl sites for hydroxylation is 1. The summed E-state index contributed by atoms with van der Waals surface area (Å²) in [5, 5.41) is 13.4. The van der Waals surface area contributed by atoms with Crippen molar-refractivity contribution in [1.82, 2.24) is 20.8 Å². The molecule has 1 aromatic heterocycles. The van der Waals surface area contributed by atoms with Crippen molar-refractivity contribution in [3.63, 3.8) is 0 Å². The lowest BCUT2D eigenvalue weighted by Gasteiger charge is -2.13. The van der Waals surface area contributed by atoms with Crippen molar-refractivity contribution in [2.45, 2.75) is 26.4 Å². The highest BCUT2D eigenvalue weighted by Gasteiger charge is 2.02. The molecule has 0 atom stereocenters. The minimum atomic E-state index is 0.676. The predicted molar refractivity (Wildman–Crippen MR) is 81.4 cm³/mol. The van der Waals surface area contributed by atoms with Crippen LogP contribution in [0.1, 0.15) is 23.7 Å². The van der Waals surface area contributed by atoms with Crippen molar-refractivity contribution in [1.29, 1.82) is 0 Å². The standard InChI is InChI=1S/C15H21N5/c1-3-12-6-4-5-7-13(12)10-17-15(16-2)18-11-14-8-9-19-20-14/h4-9H,3,10-11H2,1-2H3,(H,19,20)(H2,16,17,18). The molecular formula is C15H21N5. The second kappa shape index (κ2) is 7.33. The van der Waals surface area contributed by atoms with Gasteiger partial charge in [-0.3, -0.25) is 10.1 Å². The molecule has 5 nitrogen and oxygen atoms in total. The minimum Gasteiger partial charge on any atom is -0.352 e. The van der Waals surface area contributed by atoms with E-state index in [1.54, 1.807) is 13.2 Å². The maximum Gasteiger partial charge on any atom is 0.191 e. The molecule has 0 fully saturated rings. The van der Waals surface area contributed by atoms with Crippen LogP contribution in [0.4, 0.5) is 0 Å². The van der Waals surface area contributed by atoms with Crippen molar-refractivity contribution >= 4 is 5.96 Å². The van der Waals surface area contributed by atoms with Gasteiger partial charge < -0.3 is 10.6 Å². The monoisotopic (exact) mass is 271 g/mol. The van der Waals surface area contributed by atoms with E-state index in [4.69, 9.17) is 0 Å². The van der Waals surface area contributed by atoms with Gasteiger partial charge in [0.25, 0.3) is 0 Å². The van der Waals surface area contributed by atoms with Crippen molar-refractivity contribution in [2.24, 2.45) is 4.99 Å². The number of aromatic amines is 1. The summed E-state index contributed by atoms with van der Waals surface area (Å²) in [6.07, 6.45) is 2.78. The molecule has 5 heteroatoms. The van der Waals surface area contributed by atoms with Gasteiger partial charge in [0.05, 0.1) is 12.2 Å². The average molecular weight is 271 g/mol. The lowest BCUT2D eigenvalue weighted by molar-refractivity contribution is 0.785. The first-order valence-corrected chi connectivity index (χ1v) is 6.83. The van der Waals surface area contributed by atoms with Gasteiger partial charge in [-0.25, -0.2) is 0 Å². The fourth-order valence-corrected chi connectivity index (χ4v) is 2.04. The molecule has 0 amide bonds. The van der Waals surface area contributed by atoms with Crippen LogP contribution in [0.25, 0.3) is 0 Å². The number of aliphatic imine (C=N–C) groups is 1. The van der Waals surface area contributed by atoms with Gasteiger partial charge in [0.1, 0.15) is 0 Å². The zero-order valence-electron chi connectivity index (χ0n) is 12.0. The van der Waals surface area contributed by atoms with E-state index in [2.05, 4.69) is 57.0 Å². The Morgan fingerprint density at radius 1 is 1.15 bits per heavy atom. The van der Waals surface area contributed by atoms with E-state index in [-0.39, 0.29) is 0 Å². The third-order valence-electron chi connectivity index (χ3n) is 3.17. The van der Waals surface area contributed by atoms with Crippen LogP contribution in [0, 0.1) is 0 Å². The first kappa shape index (κ1) is 14.1. The zero-order valence-corrected chi connectivity index (χ0v) is 12.0. The Morgan fingerprint density at radius 3 is 2.55 bits per heavy atom. The number of rotatable bonds is 5. The highest BCUT2D eigenvalue weighted by Crippen LogP contribution is 2.08. The highest BCUT2D eigenvalue weighted by atomic mass is 15.2. The number of hydrogen-bond donors (Lipinski definition) is 3. The zero-order chi connectivity index (χ0) is 14.2. The Kier molecular flexibility index (Phi) is 5.17. The summed E-state index contributed by atoms with van der Waals surface area (Å²) < 4.78 is 0. The van der Waals surface area contributed by atoms with Crippen molar-refractivity contribution in [3.05, 3.63) is 53.3 Å². The van der Waals surface area contributed by atoms with Gasteiger partial charge in [-0.2, -0.15) is 5.10 Å². The molecule has 0 spiro atoms. The molecule has 1 heterocycles. The number of nitrogens with one attached hydrogen (secondary N) is 3. The van der Waals surface area contributed by atoms with Gasteiger partial charge in [-0.05, 0) is 23.6 Å². The number of guanidine groups is 1. The maximum atomic E-state index is 4.22. The van der Waals surface area contributed by atoms with Crippen LogP contribution in [0.3, 0.4) is 0 Å². The second-order valence-electron chi connectivity index (χ2n) is 4.48. The van der Waals surface area contributed by atoms with Crippen LogP contribution in [0.5, 0.6) is 0 Å². The molecule has 106 valence electrons. The number of nitrogens with zero attached hydrogens (tertiary/aromatic N) is 2. The average Bonchev–Trinajstić information content (AvgIpc) is 3.01. The maximum absolute atomic E-state index is 4.22. The van der Waals surface area contributed by atoms with E-state index in [0.717, 1.165) is 24.6 Å². The summed E-state index contributed by atoms with van der Waals surface area (Å²) in [5.74, 6) is 0.783. The van der Waals surface area contributed by atoms with Crippen LogP contribution >= 0.6 is 0 Å². The Balaban J connectivity index is 1.87. The molecule has 20 heavy (non-hydrogen) atoms. The molecule has 0 aliphatic carbocycles. The highest BCUT2D eigenvalue weighted by molar-refractivity contribution is 5.79. The number of aromatic nitrogens is 2. The predicted octanol–water partition coefficient (Wildman–Crippen LogP) is 1.84. The molecule has 2 aromatic rings. The first-order valence-electron chi connectivity index (χ1n) is 6.83. The smallest absolute Gasteiger partial charge is 0.191 e. The molecule has 0 saturated heterocycles. The normalized spacial score (nSPS) is 11.4. The molecule has 0 radical (unpaired) electrons. The van der Waals surface area contributed by atoms with Crippen LogP contribution in [-0.4, -0.2) is 23.2 Å². The molecule has 0 unspecified atom stereocenters. The van der Waals surface area contributed by atoms with Crippen LogP contribution in [0.15, 0.2) is 41.5 Å². The quantitative estimate of drug-likeness (QED) is 0.574. The Hall–Kier alpha value is -2.30. The Bertz CT molecular complexity index is 545. The Labute approximate surface area is 119 Å². The molecule has 0 aliphatic heterocycles. The van der Waals surface area contributed by atoms with E-state index in [0.29, 0.717) is 6.54 Å². The summed E-state index contributed by atoms with van der Waals surface area (Å²) in [4.78, 5) is 4.22. The third-order valence-corrected chi connectivity index (χ3v) is 3.17. The van der Waals surface area contributed by atoms with Crippen molar-refractivity contribution < 1.29 is 0 Å². The topological polar surface area (TPSA) is 65.1 Å². The van der Waals surface area contributed by atoms with E-state index >= 15 is 0 Å². The van der Waals surface area contributed by atoms with Gasteiger partial charge >= 0.3 is 0 Å². The largest absolute Gasteiger partial charge is 0.352 e. The lowest BCUT2D eigenvalue weighted by atomic mass is 10.1. The van der Waals surface area contributed by atoms with E-state index < -0.39 is 0 Å². The van der Waals surface area contributed by atoms with Gasteiger partial charge in [0.2, 0.25) is 0 Å². The third kappa shape index (κ3) is 3.85. The fourth-order valence-electron chi connectivity index (χ4n) is 2.04. The molecule has 0 aliphatic rings. The molecule has 2 rings (SSSR count). The van der Waals surface area contributed by atoms with Gasteiger partial charge in [0, 0.05) is 19.8 Å². The van der Waals surface area contributed by atoms with E-state index in [1.165, 1.54) is 11.1 Å². The van der Waals surface area contributed by atoms with Gasteiger partial charge in [-0.15, -0.1) is 0 Å². The summed E-state index contributed by atoms with van der Waals surface area (Å²) in [6.45, 7) is 3.62. The van der Waals surface area contributed by atoms with Crippen LogP contribution < -0.4 is 10.6 Å². The SMILES string of the molecule is CCc1ccccc1CNC(=NC)NCc1ccn[nH]1. The van der Waals surface area contributed by atoms with Gasteiger partial charge in [0.15, 0.2) is 5.96 Å². The lowest BCUT2D eigenvalue weighted by Crippen LogP contribution is -2.36. The summed E-state index contributed by atoms with van der Waals surface area (Å²) in [7, 11) is 1.77. The second-order valence-corrected chi connectivity index (χ2v) is 4.48. The summed E-state index contributed by atoms with van der Waals surface area (Å²) in [6, 6.07) is 10.4. The molecule has 0 bridgehead atoms. The summed E-state index contributed by atoms with van der Waals surface area (Å²) in [5.41, 5.74) is 3.70. The molecule has 1 aromatic carbocycles. The first-order chi connectivity index (χ1) is 9.83. The fraction of sp³-hybridized carbons (Fsp3) is 0.333. The van der Waals surface area contributed by atoms with E-state index in [9.17, 15) is 0 Å². The number of benzene rings is 1. The van der Waals surface area contributed by atoms with Crippen molar-refractivity contribution in [3.8, 4) is 0 Å². The number of H-pyrrole nitrogens is 1. The van der Waals surface area contributed by atoms with Gasteiger partial charge in [-0.1, -0.05) is 31.2 Å². The van der Waals surface area contributed by atoms with Crippen LogP contribution in [0.2, 0.25) is 0 Å². The minimum absolute atomic E-state index is 0.676. The van der Waals surface area contributed by atoms with Crippen molar-refractivity contribution in [2.75, 3.05) is 7.05 Å². The van der Waals surface area contributed by atoms with Crippen LogP contribution in [-0.2, 0) is 19.5 Å².